The van der Waals surface area contributed by atoms with Crippen LogP contribution >= 0.6 is 11.8 Å². The molecule has 0 heterocycles. The van der Waals surface area contributed by atoms with Crippen LogP contribution in [0.3, 0.4) is 0 Å². The molecule has 0 saturated carbocycles. The molecule has 0 radical (unpaired) electrons. The first-order valence-electron chi connectivity index (χ1n) is 15.1. The smallest absolute Gasteiger partial charge is 0.313 e. The molecule has 0 aliphatic carbocycles. The first-order chi connectivity index (χ1) is 19.4. The van der Waals surface area contributed by atoms with Crippen molar-refractivity contribution in [2.24, 2.45) is 0 Å². The number of hydrogen-bond donors (Lipinski definition) is 4. The number of amides is 1. The Hall–Kier alpha value is -2.45. The van der Waals surface area contributed by atoms with Gasteiger partial charge < -0.3 is 25.4 Å². The molecule has 2 aromatic carbocycles. The van der Waals surface area contributed by atoms with Gasteiger partial charge in [-0.25, -0.2) is 0 Å². The third-order valence-electron chi connectivity index (χ3n) is 7.01. The van der Waals surface area contributed by atoms with E-state index in [4.69, 9.17) is 9.84 Å². The Kier molecular flexibility index (Phi) is 17.2. The van der Waals surface area contributed by atoms with Gasteiger partial charge in [0.1, 0.15) is 18.1 Å². The number of unbranched alkanes of at least 4 members (excludes halogenated alkanes) is 13. The van der Waals surface area contributed by atoms with E-state index in [0.29, 0.717) is 23.1 Å². The van der Waals surface area contributed by atoms with Crippen molar-refractivity contribution < 1.29 is 29.6 Å². The minimum atomic E-state index is -0.938. The van der Waals surface area contributed by atoms with Crippen LogP contribution in [-0.2, 0) is 4.79 Å². The summed E-state index contributed by atoms with van der Waals surface area (Å²) in [5, 5.41) is 33.7. The Morgan fingerprint density at radius 3 is 2.00 bits per heavy atom. The molecule has 2 aromatic rings. The number of nitrogens with one attached hydrogen (secondary N) is 1. The van der Waals surface area contributed by atoms with Crippen molar-refractivity contribution in [3.63, 3.8) is 0 Å². The zero-order chi connectivity index (χ0) is 29.0. The first kappa shape index (κ1) is 33.8. The number of phenols is 1. The summed E-state index contributed by atoms with van der Waals surface area (Å²) in [6, 6.07) is 8.60. The number of phenolic OH excluding ortho intramolecular Hbond substituents is 1. The molecular weight excluding hydrogens is 526 g/mol. The summed E-state index contributed by atoms with van der Waals surface area (Å²) in [7, 11) is 0. The number of benzene rings is 2. The lowest BCUT2D eigenvalue weighted by Gasteiger charge is -2.16. The lowest BCUT2D eigenvalue weighted by Crippen LogP contribution is -2.25. The lowest BCUT2D eigenvalue weighted by molar-refractivity contribution is -0.133. The number of aliphatic hydroxyl groups excluding tert-OH is 1. The standard InChI is InChI=1S/C32H49NO6S/c1-2-3-4-5-6-7-8-9-10-11-12-13-14-17-20-33-32(38)28-21-29(26-18-15-16-19-27(26)31(28)37)39-22-25(34)23-40-24-30(35)36/h15-16,18-19,21,25,34,37H,2-14,17,20,22-24H2,1H3,(H,33,38)(H,35,36). The monoisotopic (exact) mass is 575 g/mol. The van der Waals surface area contributed by atoms with Crippen LogP contribution in [0.1, 0.15) is 107 Å². The number of aliphatic hydroxyl groups is 1. The van der Waals surface area contributed by atoms with E-state index in [-0.39, 0.29) is 35.3 Å². The highest BCUT2D eigenvalue weighted by atomic mass is 32.2. The van der Waals surface area contributed by atoms with Gasteiger partial charge in [-0.3, -0.25) is 9.59 Å². The number of thioether (sulfide) groups is 1. The van der Waals surface area contributed by atoms with Crippen LogP contribution in [0.5, 0.6) is 11.5 Å². The highest BCUT2D eigenvalue weighted by Gasteiger charge is 2.18. The van der Waals surface area contributed by atoms with Crippen LogP contribution < -0.4 is 10.1 Å². The van der Waals surface area contributed by atoms with E-state index in [1.807, 2.05) is 6.07 Å². The number of aliphatic carboxylic acids is 1. The molecule has 8 heteroatoms. The molecule has 0 aliphatic rings. The van der Waals surface area contributed by atoms with Gasteiger partial charge in [-0.05, 0) is 12.5 Å². The molecule has 1 atom stereocenters. The second-order valence-electron chi connectivity index (χ2n) is 10.5. The molecule has 0 fully saturated rings. The zero-order valence-electron chi connectivity index (χ0n) is 24.2. The third-order valence-corrected chi connectivity index (χ3v) is 8.08. The van der Waals surface area contributed by atoms with Crippen molar-refractivity contribution in [1.29, 1.82) is 0 Å². The summed E-state index contributed by atoms with van der Waals surface area (Å²) in [6.45, 7) is 2.74. The van der Waals surface area contributed by atoms with Gasteiger partial charge in [0, 0.05) is 23.1 Å². The van der Waals surface area contributed by atoms with Gasteiger partial charge in [-0.15, -0.1) is 11.8 Å². The van der Waals surface area contributed by atoms with Gasteiger partial charge in [0.2, 0.25) is 0 Å². The molecule has 0 aliphatic heterocycles. The number of hydrogen-bond acceptors (Lipinski definition) is 6. The van der Waals surface area contributed by atoms with E-state index >= 15 is 0 Å². The van der Waals surface area contributed by atoms with Crippen LogP contribution in [0.25, 0.3) is 10.8 Å². The SMILES string of the molecule is CCCCCCCCCCCCCCCCNC(=O)c1cc(OCC(O)CSCC(=O)O)c2ccccc2c1O. The number of carboxylic acids is 1. The van der Waals surface area contributed by atoms with Crippen molar-refractivity contribution in [2.75, 3.05) is 24.7 Å². The highest BCUT2D eigenvalue weighted by Crippen LogP contribution is 2.36. The maximum absolute atomic E-state index is 12.9. The zero-order valence-corrected chi connectivity index (χ0v) is 25.0. The van der Waals surface area contributed by atoms with Crippen LogP contribution in [0.4, 0.5) is 0 Å². The van der Waals surface area contributed by atoms with Gasteiger partial charge in [0.25, 0.3) is 5.91 Å². The molecule has 7 nitrogen and oxygen atoms in total. The van der Waals surface area contributed by atoms with Crippen LogP contribution in [0, 0.1) is 0 Å². The van der Waals surface area contributed by atoms with Gasteiger partial charge in [-0.2, -0.15) is 0 Å². The normalized spacial score (nSPS) is 11.9. The summed E-state index contributed by atoms with van der Waals surface area (Å²) >= 11 is 1.11. The molecule has 4 N–H and O–H groups in total. The van der Waals surface area contributed by atoms with Crippen molar-refractivity contribution in [1.82, 2.24) is 5.32 Å². The number of carbonyl (C=O) groups excluding carboxylic acids is 1. The van der Waals surface area contributed by atoms with Crippen LogP contribution in [-0.4, -0.2) is 58.0 Å². The van der Waals surface area contributed by atoms with Crippen molar-refractivity contribution in [3.05, 3.63) is 35.9 Å². The molecule has 0 spiro atoms. The summed E-state index contributed by atoms with van der Waals surface area (Å²) in [6.07, 6.45) is 17.0. The van der Waals surface area contributed by atoms with Crippen molar-refractivity contribution in [3.8, 4) is 11.5 Å². The Morgan fingerprint density at radius 1 is 0.875 bits per heavy atom. The third kappa shape index (κ3) is 13.3. The van der Waals surface area contributed by atoms with Gasteiger partial charge in [0.15, 0.2) is 0 Å². The molecule has 0 aromatic heterocycles. The number of ether oxygens (including phenoxy) is 1. The highest BCUT2D eigenvalue weighted by molar-refractivity contribution is 7.99. The molecule has 1 amide bonds. The van der Waals surface area contributed by atoms with Crippen molar-refractivity contribution in [2.45, 2.75) is 103 Å². The topological polar surface area (TPSA) is 116 Å². The van der Waals surface area contributed by atoms with Gasteiger partial charge in [-0.1, -0.05) is 115 Å². The number of carboxylic acid groups (broad SMARTS) is 1. The van der Waals surface area contributed by atoms with E-state index in [1.54, 1.807) is 18.2 Å². The fourth-order valence-electron chi connectivity index (χ4n) is 4.75. The second kappa shape index (κ2) is 20.4. The molecule has 40 heavy (non-hydrogen) atoms. The van der Waals surface area contributed by atoms with E-state index in [2.05, 4.69) is 12.2 Å². The molecule has 1 unspecified atom stereocenters. The number of rotatable bonds is 23. The summed E-state index contributed by atoms with van der Waals surface area (Å²) < 4.78 is 5.81. The minimum Gasteiger partial charge on any atom is -0.506 e. The lowest BCUT2D eigenvalue weighted by atomic mass is 10.0. The predicted octanol–water partition coefficient (Wildman–Crippen LogP) is 7.31. The quantitative estimate of drug-likeness (QED) is 0.103. The molecular formula is C32H49NO6S. The summed E-state index contributed by atoms with van der Waals surface area (Å²) in [5.41, 5.74) is 0.133. The molecule has 2 rings (SSSR count). The van der Waals surface area contributed by atoms with E-state index in [0.717, 1.165) is 24.6 Å². The average molecular weight is 576 g/mol. The number of carbonyl (C=O) groups is 2. The number of aromatic hydroxyl groups is 1. The Labute approximate surface area is 244 Å². The predicted molar refractivity (Wildman–Crippen MR) is 165 cm³/mol. The maximum atomic E-state index is 12.9. The van der Waals surface area contributed by atoms with Gasteiger partial charge >= 0.3 is 5.97 Å². The number of fused-ring (bicyclic) bond motifs is 1. The summed E-state index contributed by atoms with van der Waals surface area (Å²) in [5.74, 6) is -0.887. The average Bonchev–Trinajstić information content (AvgIpc) is 2.94. The van der Waals surface area contributed by atoms with Crippen LogP contribution in [0.15, 0.2) is 30.3 Å². The fourth-order valence-corrected chi connectivity index (χ4v) is 5.41. The van der Waals surface area contributed by atoms with Gasteiger partial charge in [0.05, 0.1) is 17.4 Å². The van der Waals surface area contributed by atoms with Crippen molar-refractivity contribution >= 4 is 34.4 Å². The van der Waals surface area contributed by atoms with E-state index < -0.39 is 12.1 Å². The Morgan fingerprint density at radius 2 is 1.43 bits per heavy atom. The van der Waals surface area contributed by atoms with E-state index in [1.165, 1.54) is 83.1 Å². The maximum Gasteiger partial charge on any atom is 0.313 e. The van der Waals surface area contributed by atoms with E-state index in [9.17, 15) is 19.8 Å². The molecule has 0 bridgehead atoms. The Bertz CT molecular complexity index is 1010. The second-order valence-corrected chi connectivity index (χ2v) is 11.6. The molecule has 0 saturated heterocycles. The van der Waals surface area contributed by atoms with Crippen LogP contribution in [0.2, 0.25) is 0 Å². The minimum absolute atomic E-state index is 0.0541. The largest absolute Gasteiger partial charge is 0.506 e. The Balaban J connectivity index is 1.71. The first-order valence-corrected chi connectivity index (χ1v) is 16.2. The fraction of sp³-hybridized carbons (Fsp3) is 0.625. The molecule has 224 valence electrons. The summed E-state index contributed by atoms with van der Waals surface area (Å²) in [4.78, 5) is 23.6.